The van der Waals surface area contributed by atoms with Crippen LogP contribution in [0.15, 0.2) is 12.1 Å². The van der Waals surface area contributed by atoms with Gasteiger partial charge in [0.2, 0.25) is 0 Å². The molecule has 2 rings (SSSR count). The van der Waals surface area contributed by atoms with Gasteiger partial charge in [-0.15, -0.1) is 0 Å². The van der Waals surface area contributed by atoms with Gasteiger partial charge in [-0.25, -0.2) is 0 Å². The van der Waals surface area contributed by atoms with Crippen molar-refractivity contribution >= 4 is 23.9 Å². The highest BCUT2D eigenvalue weighted by Crippen LogP contribution is 2.41. The van der Waals surface area contributed by atoms with Crippen LogP contribution in [0.4, 0.5) is 5.69 Å². The average molecular weight is 307 g/mol. The van der Waals surface area contributed by atoms with Crippen LogP contribution in [0.2, 0.25) is 0 Å². The minimum absolute atomic E-state index is 0.0139. The number of carbonyl (C=O) groups is 3. The van der Waals surface area contributed by atoms with Crippen LogP contribution in [-0.2, 0) is 9.59 Å². The molecule has 0 bridgehead atoms. The van der Waals surface area contributed by atoms with Gasteiger partial charge in [-0.1, -0.05) is 6.92 Å². The third kappa shape index (κ3) is 3.36. The fraction of sp³-hybridized carbons (Fsp3) is 0.400. The second-order valence-electron chi connectivity index (χ2n) is 4.81. The number of aldehydes is 1. The van der Waals surface area contributed by atoms with Crippen LogP contribution < -0.4 is 14.4 Å². The fourth-order valence-electron chi connectivity index (χ4n) is 2.14. The Bertz CT molecular complexity index is 598. The van der Waals surface area contributed by atoms with Crippen LogP contribution in [0.1, 0.15) is 30.1 Å². The topological polar surface area (TPSA) is 93.1 Å². The Kier molecular flexibility index (Phi) is 4.98. The molecule has 118 valence electrons. The molecule has 7 nitrogen and oxygen atoms in total. The summed E-state index contributed by atoms with van der Waals surface area (Å²) in [6.07, 6.45) is 1.23. The maximum absolute atomic E-state index is 12.0. The Hall–Kier alpha value is -2.57. The van der Waals surface area contributed by atoms with Crippen LogP contribution in [0.3, 0.4) is 0 Å². The summed E-state index contributed by atoms with van der Waals surface area (Å²) >= 11 is 0. The number of hydrogen-bond donors (Lipinski definition) is 1. The van der Waals surface area contributed by atoms with E-state index in [1.807, 2.05) is 6.92 Å². The van der Waals surface area contributed by atoms with Crippen molar-refractivity contribution in [2.24, 2.45) is 0 Å². The summed E-state index contributed by atoms with van der Waals surface area (Å²) in [6.45, 7) is 2.22. The summed E-state index contributed by atoms with van der Waals surface area (Å²) in [5.74, 6) is -0.605. The molecule has 0 radical (unpaired) electrons. The normalized spacial score (nSPS) is 13.3. The lowest BCUT2D eigenvalue weighted by molar-refractivity contribution is -0.136. The smallest absolute Gasteiger partial charge is 0.305 e. The summed E-state index contributed by atoms with van der Waals surface area (Å²) in [5.41, 5.74) is 0.705. The van der Waals surface area contributed by atoms with Gasteiger partial charge in [-0.05, 0) is 18.6 Å². The predicted octanol–water partition coefficient (Wildman–Crippen LogP) is 1.49. The number of fused-ring (bicyclic) bond motifs is 1. The molecule has 1 N–H and O–H groups in total. The molecule has 0 aliphatic carbocycles. The van der Waals surface area contributed by atoms with Crippen LogP contribution >= 0.6 is 0 Å². The van der Waals surface area contributed by atoms with Gasteiger partial charge >= 0.3 is 5.97 Å². The first-order chi connectivity index (χ1) is 10.6. The average Bonchev–Trinajstić information content (AvgIpc) is 2.50. The van der Waals surface area contributed by atoms with Crippen molar-refractivity contribution in [2.45, 2.75) is 19.8 Å². The molecule has 0 spiro atoms. The number of hydrogen-bond acceptors (Lipinski definition) is 5. The SMILES string of the molecule is CCCOc1cc(C=O)cc2c1OCC(=O)N2CCC(=O)O. The van der Waals surface area contributed by atoms with Crippen molar-refractivity contribution in [3.05, 3.63) is 17.7 Å². The molecule has 0 aromatic heterocycles. The molecule has 1 aromatic rings. The fourth-order valence-corrected chi connectivity index (χ4v) is 2.14. The van der Waals surface area contributed by atoms with Crippen molar-refractivity contribution < 1.29 is 29.0 Å². The first-order valence-electron chi connectivity index (χ1n) is 6.97. The zero-order valence-electron chi connectivity index (χ0n) is 12.2. The Morgan fingerprint density at radius 2 is 2.27 bits per heavy atom. The minimum Gasteiger partial charge on any atom is -0.490 e. The standard InChI is InChI=1S/C15H17NO6/c1-2-5-21-12-7-10(8-17)6-11-15(12)22-9-13(18)16(11)4-3-14(19)20/h6-8H,2-5,9H2,1H3,(H,19,20). The Labute approximate surface area is 127 Å². The summed E-state index contributed by atoms with van der Waals surface area (Å²) in [6, 6.07) is 3.05. The predicted molar refractivity (Wildman–Crippen MR) is 77.7 cm³/mol. The van der Waals surface area contributed by atoms with Crippen LogP contribution in [0.5, 0.6) is 11.5 Å². The Balaban J connectivity index is 2.40. The lowest BCUT2D eigenvalue weighted by Gasteiger charge is -2.30. The van der Waals surface area contributed by atoms with E-state index in [2.05, 4.69) is 0 Å². The van der Waals surface area contributed by atoms with Crippen molar-refractivity contribution in [3.63, 3.8) is 0 Å². The number of carboxylic acids is 1. The second-order valence-corrected chi connectivity index (χ2v) is 4.81. The molecule has 7 heteroatoms. The minimum atomic E-state index is -1.00. The van der Waals surface area contributed by atoms with E-state index in [1.54, 1.807) is 6.07 Å². The van der Waals surface area contributed by atoms with Gasteiger partial charge < -0.3 is 19.5 Å². The van der Waals surface area contributed by atoms with E-state index in [-0.39, 0.29) is 25.5 Å². The molecule has 0 saturated heterocycles. The second kappa shape index (κ2) is 6.93. The number of carboxylic acid groups (broad SMARTS) is 1. The van der Waals surface area contributed by atoms with Crippen molar-refractivity contribution in [1.29, 1.82) is 0 Å². The summed E-state index contributed by atoms with van der Waals surface area (Å²) < 4.78 is 11.0. The summed E-state index contributed by atoms with van der Waals surface area (Å²) in [5, 5.41) is 8.80. The van der Waals surface area contributed by atoms with Gasteiger partial charge in [0, 0.05) is 12.1 Å². The van der Waals surface area contributed by atoms with E-state index in [1.165, 1.54) is 11.0 Å². The molecule has 1 aromatic carbocycles. The maximum Gasteiger partial charge on any atom is 0.305 e. The number of nitrogens with zero attached hydrogens (tertiary/aromatic N) is 1. The van der Waals surface area contributed by atoms with Gasteiger partial charge in [-0.3, -0.25) is 14.4 Å². The lowest BCUT2D eigenvalue weighted by Crippen LogP contribution is -2.40. The number of amides is 1. The number of rotatable bonds is 7. The summed E-state index contributed by atoms with van der Waals surface area (Å²) in [7, 11) is 0. The van der Waals surface area contributed by atoms with E-state index >= 15 is 0 Å². The molecule has 0 atom stereocenters. The molecular formula is C15H17NO6. The van der Waals surface area contributed by atoms with Crippen LogP contribution in [0.25, 0.3) is 0 Å². The van der Waals surface area contributed by atoms with Gasteiger partial charge in [-0.2, -0.15) is 0 Å². The van der Waals surface area contributed by atoms with Crippen LogP contribution in [-0.4, -0.2) is 43.0 Å². The molecule has 1 heterocycles. The molecule has 22 heavy (non-hydrogen) atoms. The Morgan fingerprint density at radius 1 is 1.50 bits per heavy atom. The van der Waals surface area contributed by atoms with Crippen LogP contribution in [0, 0.1) is 0 Å². The third-order valence-corrected chi connectivity index (χ3v) is 3.14. The van der Waals surface area contributed by atoms with E-state index in [9.17, 15) is 14.4 Å². The zero-order valence-corrected chi connectivity index (χ0v) is 12.2. The van der Waals surface area contributed by atoms with Gasteiger partial charge in [0.25, 0.3) is 5.91 Å². The first-order valence-corrected chi connectivity index (χ1v) is 6.97. The number of carbonyl (C=O) groups excluding carboxylic acids is 2. The third-order valence-electron chi connectivity index (χ3n) is 3.14. The van der Waals surface area contributed by atoms with Crippen molar-refractivity contribution in [1.82, 2.24) is 0 Å². The quantitative estimate of drug-likeness (QED) is 0.767. The van der Waals surface area contributed by atoms with E-state index in [0.717, 1.165) is 6.42 Å². The molecule has 0 saturated carbocycles. The molecule has 1 aliphatic rings. The van der Waals surface area contributed by atoms with E-state index in [0.29, 0.717) is 35.6 Å². The van der Waals surface area contributed by atoms with Gasteiger partial charge in [0.15, 0.2) is 18.1 Å². The number of benzene rings is 1. The zero-order chi connectivity index (χ0) is 16.1. The highest BCUT2D eigenvalue weighted by atomic mass is 16.5. The lowest BCUT2D eigenvalue weighted by atomic mass is 10.1. The Morgan fingerprint density at radius 3 is 2.91 bits per heavy atom. The first kappa shape index (κ1) is 15.8. The molecule has 1 amide bonds. The number of aliphatic carboxylic acids is 1. The monoisotopic (exact) mass is 307 g/mol. The maximum atomic E-state index is 12.0. The molecular weight excluding hydrogens is 290 g/mol. The number of ether oxygens (including phenoxy) is 2. The van der Waals surface area contributed by atoms with Crippen molar-refractivity contribution in [3.8, 4) is 11.5 Å². The molecule has 1 aliphatic heterocycles. The molecule has 0 unspecified atom stereocenters. The highest BCUT2D eigenvalue weighted by molar-refractivity contribution is 6.00. The summed E-state index contributed by atoms with van der Waals surface area (Å²) in [4.78, 5) is 35.1. The van der Waals surface area contributed by atoms with E-state index < -0.39 is 5.97 Å². The highest BCUT2D eigenvalue weighted by Gasteiger charge is 2.29. The number of anilines is 1. The van der Waals surface area contributed by atoms with E-state index in [4.69, 9.17) is 14.6 Å². The molecule has 0 fully saturated rings. The van der Waals surface area contributed by atoms with Gasteiger partial charge in [0.05, 0.1) is 18.7 Å². The van der Waals surface area contributed by atoms with Crippen molar-refractivity contribution in [2.75, 3.05) is 24.7 Å². The largest absolute Gasteiger partial charge is 0.490 e. The van der Waals surface area contributed by atoms with Gasteiger partial charge in [0.1, 0.15) is 6.29 Å².